The largest absolute Gasteiger partial charge is 0.455 e. The third-order valence-corrected chi connectivity index (χ3v) is 5.64. The summed E-state index contributed by atoms with van der Waals surface area (Å²) in [5.74, 6) is 0.290. The van der Waals surface area contributed by atoms with E-state index in [0.29, 0.717) is 41.4 Å². The van der Waals surface area contributed by atoms with Gasteiger partial charge in [0.05, 0.1) is 22.3 Å². The summed E-state index contributed by atoms with van der Waals surface area (Å²) in [6.07, 6.45) is 2.20. The number of hydrogen-bond acceptors (Lipinski definition) is 6. The molecule has 0 unspecified atom stereocenters. The van der Waals surface area contributed by atoms with E-state index in [1.165, 1.54) is 13.2 Å². The van der Waals surface area contributed by atoms with Crippen LogP contribution >= 0.6 is 0 Å². The van der Waals surface area contributed by atoms with Crippen LogP contribution in [-0.4, -0.2) is 38.6 Å². The molecule has 0 aliphatic rings. The minimum atomic E-state index is -0.315. The molecule has 180 valence electrons. The van der Waals surface area contributed by atoms with Gasteiger partial charge in [-0.15, -0.1) is 0 Å². The van der Waals surface area contributed by atoms with Crippen molar-refractivity contribution >= 4 is 28.5 Å². The fourth-order valence-electron chi connectivity index (χ4n) is 3.85. The second kappa shape index (κ2) is 9.92. The Balaban J connectivity index is 1.71. The van der Waals surface area contributed by atoms with Crippen LogP contribution in [0.5, 0.6) is 11.5 Å². The summed E-state index contributed by atoms with van der Waals surface area (Å²) in [5.41, 5.74) is 4.48. The number of carbonyl (C=O) groups is 2. The number of amides is 2. The van der Waals surface area contributed by atoms with E-state index in [4.69, 9.17) is 9.72 Å². The first-order valence-electron chi connectivity index (χ1n) is 11.5. The molecular weight excluding hydrogens is 444 g/mol. The molecule has 0 spiro atoms. The second-order valence-electron chi connectivity index (χ2n) is 8.13. The van der Waals surface area contributed by atoms with Crippen LogP contribution in [0.4, 0.5) is 5.69 Å². The van der Waals surface area contributed by atoms with E-state index in [-0.39, 0.29) is 17.5 Å². The van der Waals surface area contributed by atoms with E-state index >= 15 is 0 Å². The van der Waals surface area contributed by atoms with Crippen molar-refractivity contribution in [3.8, 4) is 11.5 Å². The first-order valence-corrected chi connectivity index (χ1v) is 11.5. The van der Waals surface area contributed by atoms with Gasteiger partial charge < -0.3 is 15.4 Å². The Hall–Kier alpha value is -4.27. The van der Waals surface area contributed by atoms with Crippen LogP contribution in [0, 0.1) is 13.8 Å². The molecule has 1 aromatic carbocycles. The summed E-state index contributed by atoms with van der Waals surface area (Å²) >= 11 is 0. The van der Waals surface area contributed by atoms with Crippen molar-refractivity contribution in [1.29, 1.82) is 0 Å². The van der Waals surface area contributed by atoms with Gasteiger partial charge in [0.15, 0.2) is 11.4 Å². The van der Waals surface area contributed by atoms with Gasteiger partial charge in [0.25, 0.3) is 11.8 Å². The minimum Gasteiger partial charge on any atom is -0.455 e. The van der Waals surface area contributed by atoms with Gasteiger partial charge in [-0.2, -0.15) is 5.10 Å². The van der Waals surface area contributed by atoms with Crippen molar-refractivity contribution in [2.24, 2.45) is 0 Å². The number of hydrogen-bond donors (Lipinski definition) is 2. The number of benzene rings is 1. The number of rotatable bonds is 7. The number of aromatic nitrogens is 4. The molecule has 4 rings (SSSR count). The summed E-state index contributed by atoms with van der Waals surface area (Å²) in [6, 6.07) is 10.5. The molecule has 2 amide bonds. The first-order chi connectivity index (χ1) is 16.8. The number of carbonyl (C=O) groups excluding carboxylic acids is 2. The van der Waals surface area contributed by atoms with Crippen LogP contribution in [-0.2, 0) is 13.0 Å². The Morgan fingerprint density at radius 3 is 2.57 bits per heavy atom. The van der Waals surface area contributed by atoms with Crippen molar-refractivity contribution in [1.82, 2.24) is 25.1 Å². The smallest absolute Gasteiger partial charge is 0.269 e. The fraction of sp³-hybridized carbons (Fsp3) is 0.269. The predicted octanol–water partition coefficient (Wildman–Crippen LogP) is 4.43. The lowest BCUT2D eigenvalue weighted by Crippen LogP contribution is -2.19. The Kier molecular flexibility index (Phi) is 6.77. The second-order valence-corrected chi connectivity index (χ2v) is 8.13. The molecule has 0 radical (unpaired) electrons. The molecule has 3 heterocycles. The minimum absolute atomic E-state index is 0.234. The lowest BCUT2D eigenvalue weighted by atomic mass is 10.1. The quantitative estimate of drug-likeness (QED) is 0.412. The molecule has 0 bridgehead atoms. The third kappa shape index (κ3) is 4.84. The van der Waals surface area contributed by atoms with Gasteiger partial charge in [-0.25, -0.2) is 9.67 Å². The number of anilines is 1. The van der Waals surface area contributed by atoms with E-state index in [1.54, 1.807) is 18.2 Å². The van der Waals surface area contributed by atoms with E-state index in [1.807, 2.05) is 50.6 Å². The highest BCUT2D eigenvalue weighted by Crippen LogP contribution is 2.32. The van der Waals surface area contributed by atoms with Crippen molar-refractivity contribution in [2.75, 3.05) is 12.4 Å². The Morgan fingerprint density at radius 2 is 1.86 bits per heavy atom. The van der Waals surface area contributed by atoms with Gasteiger partial charge in [0.2, 0.25) is 0 Å². The van der Waals surface area contributed by atoms with Crippen molar-refractivity contribution in [3.63, 3.8) is 0 Å². The Bertz CT molecular complexity index is 1430. The monoisotopic (exact) mass is 472 g/mol. The molecule has 4 aromatic rings. The summed E-state index contributed by atoms with van der Waals surface area (Å²) in [5, 5.41) is 10.8. The first kappa shape index (κ1) is 23.9. The Labute approximate surface area is 203 Å². The van der Waals surface area contributed by atoms with Gasteiger partial charge >= 0.3 is 0 Å². The highest BCUT2D eigenvalue weighted by atomic mass is 16.5. The normalized spacial score (nSPS) is 10.9. The highest BCUT2D eigenvalue weighted by molar-refractivity contribution is 6.13. The number of pyridine rings is 2. The highest BCUT2D eigenvalue weighted by Gasteiger charge is 2.20. The molecule has 2 N–H and O–H groups in total. The van der Waals surface area contributed by atoms with Crippen molar-refractivity contribution < 1.29 is 14.3 Å². The summed E-state index contributed by atoms with van der Waals surface area (Å²) in [6.45, 7) is 8.47. The zero-order valence-corrected chi connectivity index (χ0v) is 20.5. The molecule has 35 heavy (non-hydrogen) atoms. The van der Waals surface area contributed by atoms with Crippen molar-refractivity contribution in [3.05, 3.63) is 70.8 Å². The molecule has 0 aliphatic heterocycles. The van der Waals surface area contributed by atoms with Gasteiger partial charge in [-0.1, -0.05) is 13.0 Å². The fourth-order valence-corrected chi connectivity index (χ4v) is 3.85. The maximum atomic E-state index is 13.5. The van der Waals surface area contributed by atoms with E-state index < -0.39 is 0 Å². The molecule has 0 saturated heterocycles. The number of ether oxygens (including phenoxy) is 1. The zero-order chi connectivity index (χ0) is 25.1. The number of nitrogens with zero attached hydrogens (tertiary/aromatic N) is 4. The molecule has 0 aliphatic carbocycles. The average molecular weight is 473 g/mol. The van der Waals surface area contributed by atoms with E-state index in [9.17, 15) is 9.59 Å². The summed E-state index contributed by atoms with van der Waals surface area (Å²) in [4.78, 5) is 34.3. The number of fused-ring (bicyclic) bond motifs is 1. The maximum Gasteiger partial charge on any atom is 0.269 e. The van der Waals surface area contributed by atoms with Crippen LogP contribution in [0.3, 0.4) is 0 Å². The summed E-state index contributed by atoms with van der Waals surface area (Å²) < 4.78 is 7.89. The van der Waals surface area contributed by atoms with Crippen LogP contribution in [0.1, 0.15) is 51.6 Å². The van der Waals surface area contributed by atoms with Crippen LogP contribution in [0.2, 0.25) is 0 Å². The molecule has 0 atom stereocenters. The molecule has 3 aromatic heterocycles. The lowest BCUT2D eigenvalue weighted by Gasteiger charge is -2.14. The topological polar surface area (TPSA) is 111 Å². The zero-order valence-electron chi connectivity index (χ0n) is 20.5. The van der Waals surface area contributed by atoms with Gasteiger partial charge in [-0.3, -0.25) is 14.6 Å². The van der Waals surface area contributed by atoms with E-state index in [0.717, 1.165) is 22.3 Å². The standard InChI is InChI=1S/C26H28N6O3/c1-6-17-13-19(23-16(4)31-32(7-2)24(23)29-17)25(33)30-20-9-8-15(3)12-22(20)35-18-10-11-28-21(14-18)26(34)27-5/h8-14H,6-7H2,1-5H3,(H,27,34)(H,30,33). The van der Waals surface area contributed by atoms with Crippen LogP contribution < -0.4 is 15.4 Å². The molecule has 0 fully saturated rings. The molecular formula is C26H28N6O3. The van der Waals surface area contributed by atoms with Crippen LogP contribution in [0.25, 0.3) is 11.0 Å². The molecule has 0 saturated carbocycles. The van der Waals surface area contributed by atoms with Gasteiger partial charge in [-0.05, 0) is 57.0 Å². The van der Waals surface area contributed by atoms with Crippen LogP contribution in [0.15, 0.2) is 42.6 Å². The van der Waals surface area contributed by atoms with Crippen molar-refractivity contribution in [2.45, 2.75) is 40.7 Å². The lowest BCUT2D eigenvalue weighted by molar-refractivity contribution is 0.0957. The SMILES string of the molecule is CCc1cc(C(=O)Nc2ccc(C)cc2Oc2ccnc(C(=O)NC)c2)c2c(C)nn(CC)c2n1. The summed E-state index contributed by atoms with van der Waals surface area (Å²) in [7, 11) is 1.54. The average Bonchev–Trinajstić information content (AvgIpc) is 3.20. The molecule has 9 heteroatoms. The number of aryl methyl sites for hydroxylation is 4. The van der Waals surface area contributed by atoms with E-state index in [2.05, 4.69) is 20.7 Å². The molecule has 9 nitrogen and oxygen atoms in total. The number of nitrogens with one attached hydrogen (secondary N) is 2. The maximum absolute atomic E-state index is 13.5. The predicted molar refractivity (Wildman–Crippen MR) is 134 cm³/mol. The third-order valence-electron chi connectivity index (χ3n) is 5.64. The van der Waals surface area contributed by atoms with Gasteiger partial charge in [0, 0.05) is 31.5 Å². The Morgan fingerprint density at radius 1 is 1.06 bits per heavy atom. The van der Waals surface area contributed by atoms with Gasteiger partial charge in [0.1, 0.15) is 11.4 Å².